The first kappa shape index (κ1) is 9.73. The van der Waals surface area contributed by atoms with Gasteiger partial charge in [-0.3, -0.25) is 0 Å². The van der Waals surface area contributed by atoms with Gasteiger partial charge in [-0.05, 0) is 12.1 Å². The molecule has 0 saturated carbocycles. The van der Waals surface area contributed by atoms with Gasteiger partial charge < -0.3 is 14.6 Å². The molecule has 78 valence electrons. The lowest BCUT2D eigenvalue weighted by molar-refractivity contribution is 0.285. The summed E-state index contributed by atoms with van der Waals surface area (Å²) in [7, 11) is 0. The maximum Gasteiger partial charge on any atom is 0.197 e. The van der Waals surface area contributed by atoms with Crippen molar-refractivity contribution in [2.24, 2.45) is 0 Å². The zero-order valence-corrected chi connectivity index (χ0v) is 8.05. The maximum atomic E-state index is 9.28. The van der Waals surface area contributed by atoms with Crippen LogP contribution in [0.5, 0.6) is 5.75 Å². The molecule has 0 spiro atoms. The second kappa shape index (κ2) is 4.14. The molecule has 0 fully saturated rings. The number of nitrogens with zero attached hydrogens (tertiary/aromatic N) is 1. The Hall–Kier alpha value is -1.81. The maximum absolute atomic E-state index is 9.28. The molecular formula is C11H11NO3. The second-order valence-corrected chi connectivity index (χ2v) is 3.14. The largest absolute Gasteiger partial charge is 0.508 e. The van der Waals surface area contributed by atoms with Gasteiger partial charge in [0, 0.05) is 12.0 Å². The van der Waals surface area contributed by atoms with Crippen LogP contribution in [-0.2, 0) is 6.42 Å². The van der Waals surface area contributed by atoms with E-state index in [1.165, 1.54) is 0 Å². The average molecular weight is 205 g/mol. The summed E-state index contributed by atoms with van der Waals surface area (Å²) in [6, 6.07) is 6.75. The fourth-order valence-corrected chi connectivity index (χ4v) is 1.31. The van der Waals surface area contributed by atoms with E-state index in [1.807, 2.05) is 6.07 Å². The lowest BCUT2D eigenvalue weighted by atomic mass is 10.2. The van der Waals surface area contributed by atoms with Gasteiger partial charge in [-0.2, -0.15) is 0 Å². The van der Waals surface area contributed by atoms with Crippen LogP contribution in [0.4, 0.5) is 0 Å². The molecule has 2 rings (SSSR count). The molecule has 0 aliphatic heterocycles. The molecule has 0 bridgehead atoms. The molecule has 0 radical (unpaired) electrons. The number of phenolic OH excluding ortho intramolecular Hbond substituents is 1. The second-order valence-electron chi connectivity index (χ2n) is 3.14. The summed E-state index contributed by atoms with van der Waals surface area (Å²) in [4.78, 5) is 4.00. The van der Waals surface area contributed by atoms with E-state index < -0.39 is 0 Å². The van der Waals surface area contributed by atoms with E-state index in [-0.39, 0.29) is 12.4 Å². The van der Waals surface area contributed by atoms with Crippen molar-refractivity contribution >= 4 is 0 Å². The van der Waals surface area contributed by atoms with E-state index in [9.17, 15) is 5.11 Å². The molecule has 0 aliphatic rings. The number of oxazole rings is 1. The van der Waals surface area contributed by atoms with Crippen molar-refractivity contribution in [1.29, 1.82) is 0 Å². The number of phenols is 1. The minimum atomic E-state index is 0.0139. The number of aliphatic hydroxyl groups excluding tert-OH is 1. The fraction of sp³-hybridized carbons (Fsp3) is 0.182. The predicted molar refractivity (Wildman–Crippen MR) is 54.4 cm³/mol. The van der Waals surface area contributed by atoms with Crippen LogP contribution in [0.2, 0.25) is 0 Å². The van der Waals surface area contributed by atoms with Crippen molar-refractivity contribution < 1.29 is 14.6 Å². The molecule has 0 atom stereocenters. The minimum absolute atomic E-state index is 0.0139. The Morgan fingerprint density at radius 3 is 2.93 bits per heavy atom. The van der Waals surface area contributed by atoms with Crippen molar-refractivity contribution in [3.8, 4) is 17.1 Å². The lowest BCUT2D eigenvalue weighted by Gasteiger charge is -1.96. The van der Waals surface area contributed by atoms with Crippen LogP contribution in [0.3, 0.4) is 0 Å². The monoisotopic (exact) mass is 205 g/mol. The Morgan fingerprint density at radius 2 is 2.20 bits per heavy atom. The van der Waals surface area contributed by atoms with E-state index >= 15 is 0 Å². The minimum Gasteiger partial charge on any atom is -0.508 e. The molecule has 2 aromatic rings. The summed E-state index contributed by atoms with van der Waals surface area (Å²) in [6.45, 7) is 0.0139. The van der Waals surface area contributed by atoms with Crippen LogP contribution in [0.15, 0.2) is 34.9 Å². The normalized spacial score (nSPS) is 10.5. The highest BCUT2D eigenvalue weighted by molar-refractivity contribution is 5.58. The molecule has 1 aromatic heterocycles. The zero-order valence-electron chi connectivity index (χ0n) is 8.05. The van der Waals surface area contributed by atoms with Crippen molar-refractivity contribution in [3.05, 3.63) is 36.4 Å². The topological polar surface area (TPSA) is 66.5 Å². The van der Waals surface area contributed by atoms with Crippen molar-refractivity contribution in [2.45, 2.75) is 6.42 Å². The van der Waals surface area contributed by atoms with Crippen LogP contribution in [0.1, 0.15) is 5.89 Å². The first-order chi connectivity index (χ1) is 7.29. The number of hydrogen-bond acceptors (Lipinski definition) is 4. The molecule has 0 aliphatic carbocycles. The average Bonchev–Trinajstić information content (AvgIpc) is 2.67. The predicted octanol–water partition coefficient (Wildman–Crippen LogP) is 1.58. The van der Waals surface area contributed by atoms with E-state index in [0.717, 1.165) is 5.56 Å². The van der Waals surface area contributed by atoms with Gasteiger partial charge >= 0.3 is 0 Å². The summed E-state index contributed by atoms with van der Waals surface area (Å²) >= 11 is 0. The highest BCUT2D eigenvalue weighted by Crippen LogP contribution is 2.23. The Balaban J connectivity index is 2.29. The molecule has 15 heavy (non-hydrogen) atoms. The quantitative estimate of drug-likeness (QED) is 0.798. The highest BCUT2D eigenvalue weighted by atomic mass is 16.4. The van der Waals surface area contributed by atoms with Gasteiger partial charge in [0.25, 0.3) is 0 Å². The van der Waals surface area contributed by atoms with Crippen molar-refractivity contribution in [1.82, 2.24) is 4.98 Å². The van der Waals surface area contributed by atoms with E-state index in [2.05, 4.69) is 4.98 Å². The van der Waals surface area contributed by atoms with Gasteiger partial charge in [0.1, 0.15) is 5.75 Å². The number of hydrogen-bond donors (Lipinski definition) is 2. The van der Waals surface area contributed by atoms with E-state index in [0.29, 0.717) is 18.1 Å². The first-order valence-electron chi connectivity index (χ1n) is 4.64. The first-order valence-corrected chi connectivity index (χ1v) is 4.64. The van der Waals surface area contributed by atoms with E-state index in [4.69, 9.17) is 9.52 Å². The zero-order chi connectivity index (χ0) is 10.7. The molecule has 2 N–H and O–H groups in total. The molecule has 1 heterocycles. The van der Waals surface area contributed by atoms with Crippen LogP contribution in [0, 0.1) is 0 Å². The summed E-state index contributed by atoms with van der Waals surface area (Å²) < 4.78 is 5.38. The Labute approximate surface area is 86.8 Å². The smallest absolute Gasteiger partial charge is 0.197 e. The molecule has 4 nitrogen and oxygen atoms in total. The third-order valence-corrected chi connectivity index (χ3v) is 2.01. The van der Waals surface area contributed by atoms with Gasteiger partial charge in [-0.1, -0.05) is 12.1 Å². The van der Waals surface area contributed by atoms with E-state index in [1.54, 1.807) is 24.4 Å². The molecule has 0 unspecified atom stereocenters. The molecule has 0 saturated heterocycles. The van der Waals surface area contributed by atoms with Gasteiger partial charge in [0.05, 0.1) is 12.8 Å². The van der Waals surface area contributed by atoms with Crippen LogP contribution >= 0.6 is 0 Å². The summed E-state index contributed by atoms with van der Waals surface area (Å²) in [5.74, 6) is 1.28. The van der Waals surface area contributed by atoms with Crippen molar-refractivity contribution in [2.75, 3.05) is 6.61 Å². The van der Waals surface area contributed by atoms with Gasteiger partial charge in [0.15, 0.2) is 11.7 Å². The lowest BCUT2D eigenvalue weighted by Crippen LogP contribution is -1.88. The SMILES string of the molecule is OCCc1ncc(-c2cccc(O)c2)o1. The molecule has 0 amide bonds. The Bertz CT molecular complexity index is 451. The van der Waals surface area contributed by atoms with Crippen LogP contribution in [-0.4, -0.2) is 21.8 Å². The standard InChI is InChI=1S/C11H11NO3/c13-5-4-11-12-7-10(15-11)8-2-1-3-9(14)6-8/h1-3,6-7,13-14H,4-5H2. The third kappa shape index (κ3) is 2.16. The van der Waals surface area contributed by atoms with Gasteiger partial charge in [0.2, 0.25) is 0 Å². The Kier molecular flexibility index (Phi) is 2.69. The summed E-state index contributed by atoms with van der Waals surface area (Å²) in [5, 5.41) is 18.0. The fourth-order valence-electron chi connectivity index (χ4n) is 1.31. The van der Waals surface area contributed by atoms with Gasteiger partial charge in [-0.25, -0.2) is 4.98 Å². The van der Waals surface area contributed by atoms with Crippen LogP contribution in [0.25, 0.3) is 11.3 Å². The summed E-state index contributed by atoms with van der Waals surface area (Å²) in [6.07, 6.45) is 1.98. The molecule has 4 heteroatoms. The number of aliphatic hydroxyl groups is 1. The number of rotatable bonds is 3. The van der Waals surface area contributed by atoms with Gasteiger partial charge in [-0.15, -0.1) is 0 Å². The Morgan fingerprint density at radius 1 is 1.33 bits per heavy atom. The van der Waals surface area contributed by atoms with Crippen molar-refractivity contribution in [3.63, 3.8) is 0 Å². The summed E-state index contributed by atoms with van der Waals surface area (Å²) in [5.41, 5.74) is 0.770. The highest BCUT2D eigenvalue weighted by Gasteiger charge is 2.05. The molecular weight excluding hydrogens is 194 g/mol. The number of aromatic nitrogens is 1. The third-order valence-electron chi connectivity index (χ3n) is 2.01. The number of aromatic hydroxyl groups is 1. The molecule has 1 aromatic carbocycles. The number of benzene rings is 1. The van der Waals surface area contributed by atoms with Crippen LogP contribution < -0.4 is 0 Å².